The molecule has 0 saturated heterocycles. The van der Waals surface area contributed by atoms with Crippen LogP contribution in [0.15, 0.2) is 192 Å². The molecule has 0 radical (unpaired) electrons. The topological polar surface area (TPSA) is 16.4 Å². The molecule has 0 unspecified atom stereocenters. The van der Waals surface area contributed by atoms with E-state index in [-0.39, 0.29) is 0 Å². The number of hydrogen-bond acceptors (Lipinski definition) is 2. The fourth-order valence-electron chi connectivity index (χ4n) is 9.01. The normalized spacial score (nSPS) is 13.3. The van der Waals surface area contributed by atoms with E-state index in [1.807, 2.05) is 12.1 Å². The first-order valence-corrected chi connectivity index (χ1v) is 17.6. The number of anilines is 3. The highest BCUT2D eigenvalue weighted by Crippen LogP contribution is 2.63. The molecule has 2 nitrogen and oxygen atoms in total. The third-order valence-electron chi connectivity index (χ3n) is 11.1. The highest BCUT2D eigenvalue weighted by Gasteiger charge is 2.51. The second-order valence-corrected chi connectivity index (χ2v) is 13.6. The zero-order chi connectivity index (χ0) is 33.5. The first-order chi connectivity index (χ1) is 25.3. The van der Waals surface area contributed by atoms with E-state index in [1.165, 1.54) is 44.5 Å². The van der Waals surface area contributed by atoms with Crippen LogP contribution in [0.3, 0.4) is 0 Å². The van der Waals surface area contributed by atoms with Crippen molar-refractivity contribution in [3.05, 3.63) is 210 Å². The summed E-state index contributed by atoms with van der Waals surface area (Å²) in [5.74, 6) is 0. The monoisotopic (exact) mass is 649 g/mol. The molecule has 1 aromatic heterocycles. The Morgan fingerprint density at radius 3 is 1.55 bits per heavy atom. The van der Waals surface area contributed by atoms with Crippen molar-refractivity contribution in [2.75, 3.05) is 4.90 Å². The van der Waals surface area contributed by atoms with Crippen LogP contribution in [-0.4, -0.2) is 0 Å². The van der Waals surface area contributed by atoms with Crippen LogP contribution in [-0.2, 0) is 5.41 Å². The van der Waals surface area contributed by atoms with E-state index in [0.717, 1.165) is 50.1 Å². The number of hydrogen-bond donors (Lipinski definition) is 0. The van der Waals surface area contributed by atoms with Crippen molar-refractivity contribution < 1.29 is 4.42 Å². The Hall–Kier alpha value is -6.64. The molecule has 2 aliphatic rings. The minimum atomic E-state index is -0.396. The summed E-state index contributed by atoms with van der Waals surface area (Å²) in [5, 5.41) is 2.28. The van der Waals surface area contributed by atoms with Crippen LogP contribution in [0.5, 0.6) is 0 Å². The second kappa shape index (κ2) is 10.7. The van der Waals surface area contributed by atoms with Gasteiger partial charge in [-0.05, 0) is 92.5 Å². The summed E-state index contributed by atoms with van der Waals surface area (Å²) < 4.78 is 6.41. The Morgan fingerprint density at radius 1 is 0.353 bits per heavy atom. The summed E-state index contributed by atoms with van der Waals surface area (Å²) >= 11 is 0. The molecule has 2 aliphatic carbocycles. The maximum atomic E-state index is 6.41. The van der Waals surface area contributed by atoms with E-state index in [0.29, 0.717) is 0 Å². The largest absolute Gasteiger partial charge is 0.455 e. The van der Waals surface area contributed by atoms with Crippen molar-refractivity contribution in [3.8, 4) is 33.4 Å². The zero-order valence-corrected chi connectivity index (χ0v) is 27.8. The maximum Gasteiger partial charge on any atom is 0.143 e. The Labute approximate surface area is 296 Å². The molecule has 11 rings (SSSR count). The average molecular weight is 650 g/mol. The molecule has 2 heteroatoms. The van der Waals surface area contributed by atoms with Crippen molar-refractivity contribution in [2.24, 2.45) is 0 Å². The predicted molar refractivity (Wildman–Crippen MR) is 210 cm³/mol. The fraction of sp³-hybridized carbons (Fsp3) is 0.0204. The van der Waals surface area contributed by atoms with Crippen molar-refractivity contribution >= 4 is 39.0 Å². The van der Waals surface area contributed by atoms with E-state index in [4.69, 9.17) is 4.42 Å². The Bertz CT molecular complexity index is 2750. The number of nitrogens with zero attached hydrogens (tertiary/aromatic N) is 1. The third kappa shape index (κ3) is 3.87. The molecule has 0 N–H and O–H groups in total. The highest BCUT2D eigenvalue weighted by molar-refractivity contribution is 6.09. The van der Waals surface area contributed by atoms with Gasteiger partial charge in [0.1, 0.15) is 11.2 Å². The first-order valence-electron chi connectivity index (χ1n) is 17.6. The van der Waals surface area contributed by atoms with Gasteiger partial charge in [0.05, 0.1) is 5.41 Å². The van der Waals surface area contributed by atoms with Gasteiger partial charge in [-0.3, -0.25) is 0 Å². The molecule has 0 amide bonds. The van der Waals surface area contributed by atoms with Crippen LogP contribution >= 0.6 is 0 Å². The van der Waals surface area contributed by atoms with Gasteiger partial charge in [-0.1, -0.05) is 146 Å². The summed E-state index contributed by atoms with van der Waals surface area (Å²) in [6, 6.07) is 68.4. The lowest BCUT2D eigenvalue weighted by atomic mass is 9.70. The lowest BCUT2D eigenvalue weighted by Gasteiger charge is -2.32. The standard InChI is InChI=1S/C49H31NO/c1-2-13-33(14-3-1)50(34-27-25-32(26-28-34)36-19-12-20-42-41-18-7-11-24-47(41)51-48(36)42)35-29-30-40-39-17-6-10-23-45(39)49(46(40)31-35)43-21-8-4-15-37(43)38-16-5-9-22-44(38)49/h1-31H. The Kier molecular flexibility index (Phi) is 5.91. The molecule has 9 aromatic rings. The van der Waals surface area contributed by atoms with E-state index in [2.05, 4.69) is 181 Å². The lowest BCUT2D eigenvalue weighted by Crippen LogP contribution is -2.26. The molecule has 0 aliphatic heterocycles. The molecular weight excluding hydrogens is 619 g/mol. The fourth-order valence-corrected chi connectivity index (χ4v) is 9.01. The number of benzene rings is 8. The minimum absolute atomic E-state index is 0.396. The molecule has 0 bridgehead atoms. The van der Waals surface area contributed by atoms with Crippen LogP contribution in [0.25, 0.3) is 55.3 Å². The number of para-hydroxylation sites is 3. The van der Waals surface area contributed by atoms with Gasteiger partial charge in [0.15, 0.2) is 0 Å². The number of fused-ring (bicyclic) bond motifs is 13. The summed E-state index contributed by atoms with van der Waals surface area (Å²) in [6.45, 7) is 0. The SMILES string of the molecule is c1ccc(N(c2ccc(-c3cccc4c3oc3ccccc34)cc2)c2ccc3c(c2)C2(c4ccccc4-c4ccccc42)c2ccccc2-3)cc1. The van der Waals surface area contributed by atoms with Crippen molar-refractivity contribution in [1.82, 2.24) is 0 Å². The Morgan fingerprint density at radius 2 is 0.863 bits per heavy atom. The summed E-state index contributed by atoms with van der Waals surface area (Å²) in [4.78, 5) is 2.38. The van der Waals surface area contributed by atoms with E-state index in [9.17, 15) is 0 Å². The van der Waals surface area contributed by atoms with E-state index >= 15 is 0 Å². The van der Waals surface area contributed by atoms with Crippen molar-refractivity contribution in [3.63, 3.8) is 0 Å². The first kappa shape index (κ1) is 28.2. The van der Waals surface area contributed by atoms with Gasteiger partial charge in [0, 0.05) is 33.4 Å². The lowest BCUT2D eigenvalue weighted by molar-refractivity contribution is 0.670. The average Bonchev–Trinajstić information content (AvgIpc) is 3.83. The van der Waals surface area contributed by atoms with Gasteiger partial charge in [-0.2, -0.15) is 0 Å². The van der Waals surface area contributed by atoms with Crippen molar-refractivity contribution in [2.45, 2.75) is 5.41 Å². The van der Waals surface area contributed by atoms with Crippen LogP contribution in [0.1, 0.15) is 22.3 Å². The van der Waals surface area contributed by atoms with E-state index in [1.54, 1.807) is 0 Å². The molecular formula is C49H31NO. The molecule has 238 valence electrons. The summed E-state index contributed by atoms with van der Waals surface area (Å²) in [7, 11) is 0. The molecule has 1 spiro atoms. The predicted octanol–water partition coefficient (Wildman–Crippen LogP) is 13.1. The van der Waals surface area contributed by atoms with Crippen LogP contribution in [0, 0.1) is 0 Å². The number of furan rings is 1. The minimum Gasteiger partial charge on any atom is -0.455 e. The highest BCUT2D eigenvalue weighted by atomic mass is 16.3. The van der Waals surface area contributed by atoms with Crippen LogP contribution in [0.2, 0.25) is 0 Å². The molecule has 1 heterocycles. The molecule has 0 atom stereocenters. The summed E-state index contributed by atoms with van der Waals surface area (Å²) in [5.41, 5.74) is 17.6. The second-order valence-electron chi connectivity index (χ2n) is 13.6. The van der Waals surface area contributed by atoms with Crippen LogP contribution < -0.4 is 4.90 Å². The summed E-state index contributed by atoms with van der Waals surface area (Å²) in [6.07, 6.45) is 0. The quantitative estimate of drug-likeness (QED) is 0.189. The number of rotatable bonds is 4. The molecule has 51 heavy (non-hydrogen) atoms. The van der Waals surface area contributed by atoms with E-state index < -0.39 is 5.41 Å². The van der Waals surface area contributed by atoms with Crippen molar-refractivity contribution in [1.29, 1.82) is 0 Å². The zero-order valence-electron chi connectivity index (χ0n) is 27.8. The maximum absolute atomic E-state index is 6.41. The third-order valence-corrected chi connectivity index (χ3v) is 11.1. The smallest absolute Gasteiger partial charge is 0.143 e. The van der Waals surface area contributed by atoms with Gasteiger partial charge in [0.2, 0.25) is 0 Å². The molecule has 8 aromatic carbocycles. The van der Waals surface area contributed by atoms with Gasteiger partial charge in [-0.25, -0.2) is 0 Å². The molecule has 0 saturated carbocycles. The van der Waals surface area contributed by atoms with Gasteiger partial charge >= 0.3 is 0 Å². The van der Waals surface area contributed by atoms with Gasteiger partial charge in [-0.15, -0.1) is 0 Å². The van der Waals surface area contributed by atoms with Gasteiger partial charge < -0.3 is 9.32 Å². The van der Waals surface area contributed by atoms with Gasteiger partial charge in [0.25, 0.3) is 0 Å². The Balaban J connectivity index is 1.10. The van der Waals surface area contributed by atoms with Crippen LogP contribution in [0.4, 0.5) is 17.1 Å². The molecule has 0 fully saturated rings.